The third kappa shape index (κ3) is 6.01. The number of hydrogen-bond acceptors (Lipinski definition) is 7. The van der Waals surface area contributed by atoms with E-state index >= 15 is 9.59 Å². The molecule has 6 rings (SSSR count). The van der Waals surface area contributed by atoms with Crippen LogP contribution >= 0.6 is 15.9 Å². The number of alkyl halides is 1. The summed E-state index contributed by atoms with van der Waals surface area (Å²) in [5, 5.41) is 10.9. The van der Waals surface area contributed by atoms with E-state index in [1.54, 1.807) is 77.6 Å². The van der Waals surface area contributed by atoms with Gasteiger partial charge in [-0.25, -0.2) is 0 Å². The minimum absolute atomic E-state index is 0.147. The summed E-state index contributed by atoms with van der Waals surface area (Å²) in [6.07, 6.45) is 2.89. The maximum Gasteiger partial charge on any atom is 0.253 e. The minimum Gasteiger partial charge on any atom is -0.497 e. The van der Waals surface area contributed by atoms with Crippen molar-refractivity contribution in [3.05, 3.63) is 110 Å². The number of halogens is 1. The van der Waals surface area contributed by atoms with Crippen LogP contribution in [0.5, 0.6) is 11.5 Å². The first-order valence-electron chi connectivity index (χ1n) is 16.8. The summed E-state index contributed by atoms with van der Waals surface area (Å²) in [4.78, 5) is 49.2. The molecule has 3 aliphatic heterocycles. The number of fused-ring (bicyclic) bond motifs is 1. The Labute approximate surface area is 301 Å². The molecular formula is C39H42BrN3O7. The smallest absolute Gasteiger partial charge is 0.253 e. The number of carbonyl (C=O) groups is 3. The fourth-order valence-electron chi connectivity index (χ4n) is 7.88. The topological polar surface area (TPSA) is 109 Å². The van der Waals surface area contributed by atoms with Crippen LogP contribution in [0.2, 0.25) is 0 Å². The number of hydrogen-bond donors (Lipinski definition) is 1. The second-order valence-corrected chi connectivity index (χ2v) is 13.8. The van der Waals surface area contributed by atoms with Gasteiger partial charge in [0.15, 0.2) is 0 Å². The molecule has 10 nitrogen and oxygen atoms in total. The fourth-order valence-corrected chi connectivity index (χ4v) is 8.82. The first-order chi connectivity index (χ1) is 24.2. The molecule has 262 valence electrons. The van der Waals surface area contributed by atoms with Crippen molar-refractivity contribution >= 4 is 45.0 Å². The van der Waals surface area contributed by atoms with Gasteiger partial charge in [0, 0.05) is 29.3 Å². The lowest BCUT2D eigenvalue weighted by Crippen LogP contribution is -2.58. The predicted molar refractivity (Wildman–Crippen MR) is 195 cm³/mol. The average Bonchev–Trinajstić information content (AvgIpc) is 3.74. The molecule has 3 aromatic carbocycles. The summed E-state index contributed by atoms with van der Waals surface area (Å²) in [6, 6.07) is 21.3. The second-order valence-electron chi connectivity index (χ2n) is 12.6. The van der Waals surface area contributed by atoms with Crippen molar-refractivity contribution < 1.29 is 33.7 Å². The molecule has 1 spiro atoms. The summed E-state index contributed by atoms with van der Waals surface area (Å²) in [5.41, 5.74) is 0.490. The normalized spacial score (nSPS) is 25.5. The van der Waals surface area contributed by atoms with E-state index in [2.05, 4.69) is 29.1 Å². The van der Waals surface area contributed by atoms with Gasteiger partial charge >= 0.3 is 0 Å². The summed E-state index contributed by atoms with van der Waals surface area (Å²) < 4.78 is 17.8. The molecule has 11 heteroatoms. The van der Waals surface area contributed by atoms with Crippen molar-refractivity contribution in [1.82, 2.24) is 4.90 Å². The zero-order valence-corrected chi connectivity index (χ0v) is 29.8. The van der Waals surface area contributed by atoms with Gasteiger partial charge in [0.2, 0.25) is 11.8 Å². The first-order valence-corrected chi connectivity index (χ1v) is 17.7. The quantitative estimate of drug-likeness (QED) is 0.176. The van der Waals surface area contributed by atoms with Gasteiger partial charge in [-0.2, -0.15) is 0 Å². The van der Waals surface area contributed by atoms with Crippen molar-refractivity contribution in [2.24, 2.45) is 11.8 Å². The van der Waals surface area contributed by atoms with Crippen LogP contribution in [-0.4, -0.2) is 83.7 Å². The number of nitrogens with zero attached hydrogens (tertiary/aromatic N) is 3. The molecule has 0 aliphatic carbocycles. The molecule has 3 heterocycles. The number of likely N-dealkylation sites (tertiary alicyclic amines) is 1. The average molecular weight is 745 g/mol. The lowest BCUT2D eigenvalue weighted by molar-refractivity contribution is -0.144. The molecule has 3 amide bonds. The largest absolute Gasteiger partial charge is 0.497 e. The summed E-state index contributed by atoms with van der Waals surface area (Å²) in [5.74, 6) is -1.74. The molecule has 3 unspecified atom stereocenters. The molecule has 3 saturated heterocycles. The zero-order valence-electron chi connectivity index (χ0n) is 28.2. The third-order valence-corrected chi connectivity index (χ3v) is 10.8. The Hall–Kier alpha value is -4.45. The van der Waals surface area contributed by atoms with Gasteiger partial charge in [-0.15, -0.1) is 13.2 Å². The highest BCUT2D eigenvalue weighted by atomic mass is 79.9. The summed E-state index contributed by atoms with van der Waals surface area (Å²) in [7, 11) is 1.57. The van der Waals surface area contributed by atoms with E-state index in [1.807, 2.05) is 37.3 Å². The molecule has 3 aliphatic rings. The summed E-state index contributed by atoms with van der Waals surface area (Å²) >= 11 is 3.78. The van der Waals surface area contributed by atoms with E-state index in [0.29, 0.717) is 41.5 Å². The SMILES string of the molecule is C=CCN(C(=O)C1N([C@H](CO)c2ccccc2)C(=O)[C@@H]2[C@@H](C(=O)N(CC=C)c3ccc(OCC)cc3)[C@@H]3OC12CC3Br)c1ccc(OC)cc1. The third-order valence-electron chi connectivity index (χ3n) is 9.94. The zero-order chi connectivity index (χ0) is 35.6. The second kappa shape index (κ2) is 14.8. The maximum absolute atomic E-state index is 15.1. The molecule has 2 bridgehead atoms. The van der Waals surface area contributed by atoms with Crippen LogP contribution in [0, 0.1) is 11.8 Å². The van der Waals surface area contributed by atoms with E-state index in [-0.39, 0.29) is 23.8 Å². The predicted octanol–water partition coefficient (Wildman–Crippen LogP) is 5.31. The van der Waals surface area contributed by atoms with Crippen LogP contribution in [-0.2, 0) is 19.1 Å². The number of methoxy groups -OCH3 is 1. The molecule has 0 aromatic heterocycles. The molecule has 0 saturated carbocycles. The van der Waals surface area contributed by atoms with Crippen molar-refractivity contribution in [3.63, 3.8) is 0 Å². The number of anilines is 2. The van der Waals surface area contributed by atoms with Crippen LogP contribution in [0.3, 0.4) is 0 Å². The Bertz CT molecular complexity index is 1720. The number of ether oxygens (including phenoxy) is 3. The van der Waals surface area contributed by atoms with E-state index in [0.717, 1.165) is 0 Å². The van der Waals surface area contributed by atoms with Gasteiger partial charge in [-0.05, 0) is 67.4 Å². The van der Waals surface area contributed by atoms with Crippen molar-refractivity contribution in [3.8, 4) is 11.5 Å². The molecule has 3 aromatic rings. The van der Waals surface area contributed by atoms with Crippen LogP contribution in [0.15, 0.2) is 104 Å². The van der Waals surface area contributed by atoms with Crippen molar-refractivity contribution in [2.75, 3.05) is 43.2 Å². The van der Waals surface area contributed by atoms with Gasteiger partial charge in [0.1, 0.15) is 23.1 Å². The van der Waals surface area contributed by atoms with E-state index in [4.69, 9.17) is 14.2 Å². The van der Waals surface area contributed by atoms with Gasteiger partial charge in [0.25, 0.3) is 5.91 Å². The van der Waals surface area contributed by atoms with Crippen molar-refractivity contribution in [1.29, 1.82) is 0 Å². The van der Waals surface area contributed by atoms with E-state index < -0.39 is 54.0 Å². The lowest BCUT2D eigenvalue weighted by atomic mass is 9.70. The maximum atomic E-state index is 15.1. The van der Waals surface area contributed by atoms with Crippen LogP contribution < -0.4 is 19.3 Å². The van der Waals surface area contributed by atoms with Gasteiger partial charge in [0.05, 0.1) is 44.3 Å². The Morgan fingerprint density at radius 1 is 0.980 bits per heavy atom. The van der Waals surface area contributed by atoms with E-state index in [9.17, 15) is 9.90 Å². The van der Waals surface area contributed by atoms with Gasteiger partial charge in [-0.3, -0.25) is 14.4 Å². The molecule has 1 N–H and O–H groups in total. The Morgan fingerprint density at radius 2 is 1.56 bits per heavy atom. The number of rotatable bonds is 14. The highest BCUT2D eigenvalue weighted by Crippen LogP contribution is 2.61. The molecule has 0 radical (unpaired) electrons. The highest BCUT2D eigenvalue weighted by Gasteiger charge is 2.77. The van der Waals surface area contributed by atoms with Crippen molar-refractivity contribution in [2.45, 2.75) is 42.0 Å². The number of amides is 3. The molecular weight excluding hydrogens is 702 g/mol. The van der Waals surface area contributed by atoms with Crippen LogP contribution in [0.25, 0.3) is 0 Å². The lowest BCUT2D eigenvalue weighted by Gasteiger charge is -2.39. The Morgan fingerprint density at radius 3 is 2.10 bits per heavy atom. The standard InChI is InChI=1S/C39H42BrN3O7/c1-5-21-41(26-15-19-29(20-16-26)49-7-3)36(45)32-33-37(46)43(31(24-44)25-11-9-8-10-12-25)35(39(33)23-30(40)34(32)50-39)38(47)42(22-6-2)27-13-17-28(48-4)18-14-27/h5-6,8-20,30-35,44H,1-2,7,21-24H2,3-4H3/t30?,31-,32-,33+,34-,35?,39?/m1/s1. The molecule has 50 heavy (non-hydrogen) atoms. The van der Waals surface area contributed by atoms with Gasteiger partial charge < -0.3 is 34.0 Å². The number of aliphatic hydroxyl groups is 1. The van der Waals surface area contributed by atoms with Crippen LogP contribution in [0.4, 0.5) is 11.4 Å². The van der Waals surface area contributed by atoms with Crippen LogP contribution in [0.1, 0.15) is 24.9 Å². The number of benzene rings is 3. The molecule has 3 fully saturated rings. The monoisotopic (exact) mass is 743 g/mol. The Kier molecular flexibility index (Phi) is 10.5. The Balaban J connectivity index is 1.46. The highest BCUT2D eigenvalue weighted by molar-refractivity contribution is 9.09. The first kappa shape index (κ1) is 35.4. The number of aliphatic hydroxyl groups excluding tert-OH is 1. The van der Waals surface area contributed by atoms with E-state index in [1.165, 1.54) is 4.90 Å². The number of carbonyl (C=O) groups excluding carboxylic acids is 3. The molecule has 7 atom stereocenters. The summed E-state index contributed by atoms with van der Waals surface area (Å²) in [6.45, 7) is 10.1. The fraction of sp³-hybridized carbons (Fsp3) is 0.359. The van der Waals surface area contributed by atoms with Gasteiger partial charge in [-0.1, -0.05) is 58.4 Å². The minimum atomic E-state index is -1.36.